The number of rotatable bonds is 8. The topological polar surface area (TPSA) is 21.9 Å². The smallest absolute Gasteiger partial charge is 0.0293 e. The second-order valence-electron chi connectivity index (χ2n) is 9.58. The van der Waals surface area contributed by atoms with Crippen molar-refractivity contribution in [2.75, 3.05) is 0 Å². The zero-order valence-electron chi connectivity index (χ0n) is 19.5. The summed E-state index contributed by atoms with van der Waals surface area (Å²) < 4.78 is 0. The molecule has 0 amide bonds. The summed E-state index contributed by atoms with van der Waals surface area (Å²) in [5.74, 6) is 0.702. The zero-order chi connectivity index (χ0) is 21.8. The van der Waals surface area contributed by atoms with Crippen LogP contribution in [-0.4, -0.2) is 12.1 Å². The van der Waals surface area contributed by atoms with Crippen molar-refractivity contribution in [1.29, 1.82) is 0 Å². The Labute approximate surface area is 189 Å². The summed E-state index contributed by atoms with van der Waals surface area (Å²) in [4.78, 5) is 0. The summed E-state index contributed by atoms with van der Waals surface area (Å²) in [5, 5.41) is 3.64. The van der Waals surface area contributed by atoms with Gasteiger partial charge in [0.25, 0.3) is 0 Å². The van der Waals surface area contributed by atoms with Crippen molar-refractivity contribution < 1.29 is 0 Å². The van der Waals surface area contributed by atoms with E-state index in [0.29, 0.717) is 5.92 Å². The fraction of sp³-hybridized carbons (Fsp3) is 0.433. The van der Waals surface area contributed by atoms with Gasteiger partial charge in [-0.15, -0.1) is 5.73 Å². The van der Waals surface area contributed by atoms with E-state index in [-0.39, 0.29) is 0 Å². The summed E-state index contributed by atoms with van der Waals surface area (Å²) >= 11 is 0. The molecule has 1 heteroatoms. The summed E-state index contributed by atoms with van der Waals surface area (Å²) in [7, 11) is 0. The third-order valence-corrected chi connectivity index (χ3v) is 7.09. The van der Waals surface area contributed by atoms with Crippen LogP contribution in [-0.2, 0) is 12.8 Å². The molecule has 0 aromatic heterocycles. The first-order valence-corrected chi connectivity index (χ1v) is 12.0. The van der Waals surface area contributed by atoms with Crippen LogP contribution in [0, 0.1) is 12.8 Å². The molecule has 1 aromatic carbocycles. The lowest BCUT2D eigenvalue weighted by Crippen LogP contribution is -2.25. The molecule has 1 saturated carbocycles. The predicted octanol–water partition coefficient (Wildman–Crippen LogP) is 7.10. The maximum atomic E-state index is 3.80. The number of aryl methyl sites for hydroxylation is 1. The highest BCUT2D eigenvalue weighted by Crippen LogP contribution is 2.45. The maximum absolute atomic E-state index is 3.80. The number of fused-ring (bicyclic) bond motifs is 2. The van der Waals surface area contributed by atoms with Gasteiger partial charge in [-0.1, -0.05) is 80.0 Å². The van der Waals surface area contributed by atoms with Gasteiger partial charge in [0, 0.05) is 18.0 Å². The Morgan fingerprint density at radius 3 is 2.87 bits per heavy atom. The molecule has 2 aliphatic carbocycles. The second kappa shape index (κ2) is 9.86. The SMILES string of the molecule is C=C=C/C(C)=C(\C=C/CCCC)C/C1=C\C([C@H]2CC3NC32)=C/Cc2cc(C)ccc2C1. The number of hydrogen-bond donors (Lipinski definition) is 1. The third kappa shape index (κ3) is 5.29. The van der Waals surface area contributed by atoms with Crippen LogP contribution in [0.1, 0.15) is 62.6 Å². The molecule has 0 bridgehead atoms. The standard InChI is InChI=1S/C30H37N/c1-5-7-8-9-11-24(22(4)10-6-2)17-23-18-26-13-12-21(3)16-25(26)14-15-27(19-23)28-20-29-30(28)31-29/h9-13,15-16,19,28-31H,2,5,7-8,14,17-18,20H2,1,3-4H3/b11-9-,23-19+,24-22+,27-15+/t28-,29?,30?/m1/s1. The summed E-state index contributed by atoms with van der Waals surface area (Å²) in [5.41, 5.74) is 13.1. The van der Waals surface area contributed by atoms with Gasteiger partial charge >= 0.3 is 0 Å². The van der Waals surface area contributed by atoms with Crippen molar-refractivity contribution in [3.8, 4) is 0 Å². The van der Waals surface area contributed by atoms with Crippen LogP contribution in [0.2, 0.25) is 0 Å². The lowest BCUT2D eigenvalue weighted by molar-refractivity contribution is 0.459. The quantitative estimate of drug-likeness (QED) is 0.209. The normalized spacial score (nSPS) is 28.4. The van der Waals surface area contributed by atoms with E-state index >= 15 is 0 Å². The summed E-state index contributed by atoms with van der Waals surface area (Å²) in [6.45, 7) is 10.5. The first-order chi connectivity index (χ1) is 15.1. The van der Waals surface area contributed by atoms with Crippen LogP contribution < -0.4 is 5.32 Å². The fourth-order valence-electron chi connectivity index (χ4n) is 5.05. The lowest BCUT2D eigenvalue weighted by Gasteiger charge is -2.26. The Kier molecular flexibility index (Phi) is 6.96. The Balaban J connectivity index is 1.65. The van der Waals surface area contributed by atoms with Gasteiger partial charge in [-0.25, -0.2) is 0 Å². The molecule has 1 nitrogen and oxygen atoms in total. The number of benzene rings is 1. The number of allylic oxidation sites excluding steroid dienone is 8. The van der Waals surface area contributed by atoms with Crippen LogP contribution in [0.4, 0.5) is 0 Å². The fourth-order valence-corrected chi connectivity index (χ4v) is 5.05. The highest BCUT2D eigenvalue weighted by molar-refractivity contribution is 5.45. The van der Waals surface area contributed by atoms with E-state index in [2.05, 4.69) is 80.9 Å². The third-order valence-electron chi connectivity index (χ3n) is 7.09. The minimum atomic E-state index is 0.702. The first kappa shape index (κ1) is 21.9. The minimum absolute atomic E-state index is 0.702. The van der Waals surface area contributed by atoms with Crippen molar-refractivity contribution in [2.45, 2.75) is 77.8 Å². The average Bonchev–Trinajstić information content (AvgIpc) is 3.37. The maximum Gasteiger partial charge on any atom is 0.0293 e. The number of nitrogens with one attached hydrogen (secondary N) is 1. The first-order valence-electron chi connectivity index (χ1n) is 12.0. The highest BCUT2D eigenvalue weighted by atomic mass is 15.2. The monoisotopic (exact) mass is 411 g/mol. The predicted molar refractivity (Wildman–Crippen MR) is 133 cm³/mol. The van der Waals surface area contributed by atoms with E-state index in [1.165, 1.54) is 52.7 Å². The second-order valence-corrected chi connectivity index (χ2v) is 9.58. The number of hydrogen-bond acceptors (Lipinski definition) is 1. The molecule has 31 heavy (non-hydrogen) atoms. The van der Waals surface area contributed by atoms with Crippen LogP contribution in [0.15, 0.2) is 83.2 Å². The van der Waals surface area contributed by atoms with Crippen LogP contribution in [0.3, 0.4) is 0 Å². The average molecular weight is 412 g/mol. The van der Waals surface area contributed by atoms with Crippen molar-refractivity contribution in [3.63, 3.8) is 0 Å². The number of unbranched alkanes of at least 4 members (excludes halogenated alkanes) is 2. The van der Waals surface area contributed by atoms with E-state index in [1.807, 2.05) is 6.08 Å². The molecule has 1 aromatic rings. The van der Waals surface area contributed by atoms with Gasteiger partial charge in [-0.2, -0.15) is 0 Å². The molecule has 3 aliphatic rings. The van der Waals surface area contributed by atoms with Gasteiger partial charge < -0.3 is 5.32 Å². The van der Waals surface area contributed by atoms with Gasteiger partial charge in [0.05, 0.1) is 0 Å². The zero-order valence-corrected chi connectivity index (χ0v) is 19.5. The Morgan fingerprint density at radius 1 is 1.29 bits per heavy atom. The Morgan fingerprint density at radius 2 is 2.16 bits per heavy atom. The largest absolute Gasteiger partial charge is 0.307 e. The molecule has 1 aliphatic heterocycles. The molecule has 2 fully saturated rings. The molecule has 4 rings (SSSR count). The lowest BCUT2D eigenvalue weighted by atomic mass is 9.76. The Hall–Kier alpha value is -2.34. The molecule has 3 atom stereocenters. The van der Waals surface area contributed by atoms with E-state index < -0.39 is 0 Å². The van der Waals surface area contributed by atoms with Gasteiger partial charge in [0.2, 0.25) is 0 Å². The van der Waals surface area contributed by atoms with Gasteiger partial charge in [-0.05, 0) is 79.9 Å². The van der Waals surface area contributed by atoms with E-state index in [1.54, 1.807) is 5.57 Å². The van der Waals surface area contributed by atoms with Crippen LogP contribution in [0.5, 0.6) is 0 Å². The van der Waals surface area contributed by atoms with Gasteiger partial charge in [0.1, 0.15) is 0 Å². The van der Waals surface area contributed by atoms with Gasteiger partial charge in [0.15, 0.2) is 0 Å². The van der Waals surface area contributed by atoms with E-state index in [0.717, 1.165) is 37.8 Å². The molecule has 2 unspecified atom stereocenters. The van der Waals surface area contributed by atoms with Crippen molar-refractivity contribution in [3.05, 3.63) is 99.9 Å². The highest BCUT2D eigenvalue weighted by Gasteiger charge is 2.53. The van der Waals surface area contributed by atoms with Crippen molar-refractivity contribution in [1.82, 2.24) is 5.32 Å². The molecule has 162 valence electrons. The van der Waals surface area contributed by atoms with E-state index in [9.17, 15) is 0 Å². The van der Waals surface area contributed by atoms with Crippen LogP contribution >= 0.6 is 0 Å². The summed E-state index contributed by atoms with van der Waals surface area (Å²) in [6.07, 6.45) is 19.8. The van der Waals surface area contributed by atoms with Crippen LogP contribution in [0.25, 0.3) is 0 Å². The molecular formula is C30H37N. The Bertz CT molecular complexity index is 993. The minimum Gasteiger partial charge on any atom is -0.307 e. The van der Waals surface area contributed by atoms with Gasteiger partial charge in [-0.3, -0.25) is 0 Å². The molecule has 1 saturated heterocycles. The molecular weight excluding hydrogens is 374 g/mol. The molecule has 0 radical (unpaired) electrons. The van der Waals surface area contributed by atoms with E-state index in [4.69, 9.17) is 0 Å². The van der Waals surface area contributed by atoms with Crippen molar-refractivity contribution >= 4 is 0 Å². The molecule has 1 N–H and O–H groups in total. The molecule has 0 spiro atoms. The summed E-state index contributed by atoms with van der Waals surface area (Å²) in [6, 6.07) is 8.52. The molecule has 1 heterocycles. The van der Waals surface area contributed by atoms with Crippen molar-refractivity contribution in [2.24, 2.45) is 5.92 Å².